The van der Waals surface area contributed by atoms with Crippen molar-refractivity contribution in [3.63, 3.8) is 0 Å². The molecule has 96 valence electrons. The van der Waals surface area contributed by atoms with Gasteiger partial charge in [0.15, 0.2) is 0 Å². The third-order valence-electron chi connectivity index (χ3n) is 3.01. The van der Waals surface area contributed by atoms with Crippen molar-refractivity contribution >= 4 is 0 Å². The van der Waals surface area contributed by atoms with Crippen LogP contribution in [0.15, 0.2) is 36.7 Å². The molecule has 4 heteroatoms. The van der Waals surface area contributed by atoms with Gasteiger partial charge in [-0.2, -0.15) is 0 Å². The Hall–Kier alpha value is -1.68. The van der Waals surface area contributed by atoms with Gasteiger partial charge < -0.3 is 9.88 Å². The van der Waals surface area contributed by atoms with E-state index < -0.39 is 0 Å². The predicted octanol–water partition coefficient (Wildman–Crippen LogP) is 2.28. The molecule has 0 saturated carbocycles. The van der Waals surface area contributed by atoms with Crippen LogP contribution in [-0.4, -0.2) is 15.6 Å². The lowest BCUT2D eigenvalue weighted by Crippen LogP contribution is -2.29. The topological polar surface area (TPSA) is 29.9 Å². The molecule has 0 amide bonds. The van der Waals surface area contributed by atoms with Crippen LogP contribution in [0.1, 0.15) is 18.3 Å². The van der Waals surface area contributed by atoms with E-state index in [1.165, 1.54) is 6.07 Å². The number of halogens is 1. The van der Waals surface area contributed by atoms with Crippen molar-refractivity contribution in [2.24, 2.45) is 7.05 Å². The van der Waals surface area contributed by atoms with Crippen LogP contribution < -0.4 is 5.32 Å². The lowest BCUT2D eigenvalue weighted by molar-refractivity contribution is 0.511. The highest BCUT2D eigenvalue weighted by Crippen LogP contribution is 2.09. The number of hydrogen-bond donors (Lipinski definition) is 1. The number of benzene rings is 1. The zero-order valence-corrected chi connectivity index (χ0v) is 10.7. The van der Waals surface area contributed by atoms with Crippen LogP contribution in [0.5, 0.6) is 0 Å². The van der Waals surface area contributed by atoms with Gasteiger partial charge in [0.25, 0.3) is 0 Å². The molecule has 18 heavy (non-hydrogen) atoms. The van der Waals surface area contributed by atoms with Crippen LogP contribution in [0.4, 0.5) is 4.39 Å². The first-order chi connectivity index (χ1) is 8.66. The minimum Gasteiger partial charge on any atom is -0.337 e. The number of rotatable bonds is 5. The Morgan fingerprint density at radius 3 is 2.83 bits per heavy atom. The summed E-state index contributed by atoms with van der Waals surface area (Å²) in [5, 5.41) is 3.35. The molecule has 0 spiro atoms. The number of aromatic nitrogens is 2. The van der Waals surface area contributed by atoms with E-state index in [0.29, 0.717) is 13.0 Å². The summed E-state index contributed by atoms with van der Waals surface area (Å²) in [6, 6.07) is 7.11. The Bertz CT molecular complexity index is 507. The Kier molecular flexibility index (Phi) is 4.10. The molecular weight excluding hydrogens is 229 g/mol. The first kappa shape index (κ1) is 12.8. The summed E-state index contributed by atoms with van der Waals surface area (Å²) in [5.74, 6) is 0.846. The summed E-state index contributed by atoms with van der Waals surface area (Å²) in [6.07, 6.45) is 4.37. The van der Waals surface area contributed by atoms with Crippen LogP contribution in [-0.2, 0) is 20.0 Å². The molecule has 0 saturated heterocycles. The molecule has 0 aliphatic rings. The van der Waals surface area contributed by atoms with Crippen molar-refractivity contribution in [3.8, 4) is 0 Å². The van der Waals surface area contributed by atoms with E-state index in [0.717, 1.165) is 11.4 Å². The van der Waals surface area contributed by atoms with Crippen molar-refractivity contribution in [2.45, 2.75) is 25.9 Å². The maximum atomic E-state index is 13.5. The molecule has 1 aromatic heterocycles. The summed E-state index contributed by atoms with van der Waals surface area (Å²) in [5.41, 5.74) is 0.748. The maximum Gasteiger partial charge on any atom is 0.126 e. The highest BCUT2D eigenvalue weighted by molar-refractivity contribution is 5.18. The highest BCUT2D eigenvalue weighted by Gasteiger charge is 2.08. The van der Waals surface area contributed by atoms with Crippen molar-refractivity contribution < 1.29 is 4.39 Å². The van der Waals surface area contributed by atoms with Crippen LogP contribution in [0.25, 0.3) is 0 Å². The quantitative estimate of drug-likeness (QED) is 0.878. The van der Waals surface area contributed by atoms with Crippen LogP contribution in [0, 0.1) is 5.82 Å². The fourth-order valence-corrected chi connectivity index (χ4v) is 1.90. The first-order valence-electron chi connectivity index (χ1n) is 6.10. The van der Waals surface area contributed by atoms with E-state index in [9.17, 15) is 4.39 Å². The molecule has 0 fully saturated rings. The highest BCUT2D eigenvalue weighted by atomic mass is 19.1. The normalized spacial score (nSPS) is 12.6. The Labute approximate surface area is 107 Å². The summed E-state index contributed by atoms with van der Waals surface area (Å²) < 4.78 is 15.5. The van der Waals surface area contributed by atoms with E-state index in [1.807, 2.05) is 29.9 Å². The number of aryl methyl sites for hydroxylation is 1. The van der Waals surface area contributed by atoms with Crippen molar-refractivity contribution in [2.75, 3.05) is 0 Å². The SMILES string of the molecule is CC(Cc1ccccc1F)NCc1nccn1C. The Morgan fingerprint density at radius 1 is 1.39 bits per heavy atom. The third-order valence-corrected chi connectivity index (χ3v) is 3.01. The monoisotopic (exact) mass is 247 g/mol. The minimum atomic E-state index is -0.136. The molecule has 0 bridgehead atoms. The Balaban J connectivity index is 1.88. The summed E-state index contributed by atoms with van der Waals surface area (Å²) in [7, 11) is 1.96. The van der Waals surface area contributed by atoms with E-state index in [1.54, 1.807) is 12.3 Å². The second-order valence-electron chi connectivity index (χ2n) is 4.53. The van der Waals surface area contributed by atoms with Crippen molar-refractivity contribution in [1.82, 2.24) is 14.9 Å². The second kappa shape index (κ2) is 5.78. The summed E-state index contributed by atoms with van der Waals surface area (Å²) >= 11 is 0. The second-order valence-corrected chi connectivity index (χ2v) is 4.53. The zero-order chi connectivity index (χ0) is 13.0. The lowest BCUT2D eigenvalue weighted by atomic mass is 10.1. The standard InChI is InChI=1S/C14H18FN3/c1-11(9-12-5-3-4-6-13(12)15)17-10-14-16-7-8-18(14)2/h3-8,11,17H,9-10H2,1-2H3. The maximum absolute atomic E-state index is 13.5. The Morgan fingerprint density at radius 2 is 2.17 bits per heavy atom. The fraction of sp³-hybridized carbons (Fsp3) is 0.357. The van der Waals surface area contributed by atoms with Gasteiger partial charge in [-0.25, -0.2) is 9.37 Å². The van der Waals surface area contributed by atoms with E-state index >= 15 is 0 Å². The fourth-order valence-electron chi connectivity index (χ4n) is 1.90. The summed E-state index contributed by atoms with van der Waals surface area (Å²) in [6.45, 7) is 2.74. The van der Waals surface area contributed by atoms with E-state index in [-0.39, 0.29) is 11.9 Å². The molecule has 1 unspecified atom stereocenters. The molecular formula is C14H18FN3. The minimum absolute atomic E-state index is 0.136. The van der Waals surface area contributed by atoms with Gasteiger partial charge in [-0.1, -0.05) is 18.2 Å². The van der Waals surface area contributed by atoms with Crippen molar-refractivity contribution in [3.05, 3.63) is 53.9 Å². The van der Waals surface area contributed by atoms with Gasteiger partial charge in [-0.05, 0) is 25.0 Å². The molecule has 1 atom stereocenters. The predicted molar refractivity (Wildman–Crippen MR) is 69.6 cm³/mol. The molecule has 1 heterocycles. The molecule has 0 aliphatic carbocycles. The largest absolute Gasteiger partial charge is 0.337 e. The van der Waals surface area contributed by atoms with Gasteiger partial charge in [0, 0.05) is 25.5 Å². The smallest absolute Gasteiger partial charge is 0.126 e. The van der Waals surface area contributed by atoms with Gasteiger partial charge in [0.05, 0.1) is 6.54 Å². The van der Waals surface area contributed by atoms with Gasteiger partial charge in [0.1, 0.15) is 11.6 Å². The molecule has 0 aliphatic heterocycles. The molecule has 2 rings (SSSR count). The van der Waals surface area contributed by atoms with E-state index in [4.69, 9.17) is 0 Å². The van der Waals surface area contributed by atoms with Crippen LogP contribution in [0.2, 0.25) is 0 Å². The van der Waals surface area contributed by atoms with Crippen molar-refractivity contribution in [1.29, 1.82) is 0 Å². The van der Waals surface area contributed by atoms with Gasteiger partial charge in [-0.3, -0.25) is 0 Å². The number of imidazole rings is 1. The zero-order valence-electron chi connectivity index (χ0n) is 10.7. The third kappa shape index (κ3) is 3.17. The van der Waals surface area contributed by atoms with Gasteiger partial charge in [-0.15, -0.1) is 0 Å². The molecule has 0 radical (unpaired) electrons. The molecule has 3 nitrogen and oxygen atoms in total. The van der Waals surface area contributed by atoms with Crippen LogP contribution >= 0.6 is 0 Å². The average molecular weight is 247 g/mol. The number of nitrogens with one attached hydrogen (secondary N) is 1. The van der Waals surface area contributed by atoms with E-state index in [2.05, 4.69) is 17.2 Å². The molecule has 1 aromatic carbocycles. The number of nitrogens with zero attached hydrogens (tertiary/aromatic N) is 2. The number of hydrogen-bond acceptors (Lipinski definition) is 2. The molecule has 1 N–H and O–H groups in total. The lowest BCUT2D eigenvalue weighted by Gasteiger charge is -2.14. The van der Waals surface area contributed by atoms with Gasteiger partial charge >= 0.3 is 0 Å². The van der Waals surface area contributed by atoms with Crippen LogP contribution in [0.3, 0.4) is 0 Å². The first-order valence-corrected chi connectivity index (χ1v) is 6.10. The van der Waals surface area contributed by atoms with Gasteiger partial charge in [0.2, 0.25) is 0 Å². The summed E-state index contributed by atoms with van der Waals surface area (Å²) in [4.78, 5) is 4.24. The molecule has 2 aromatic rings. The average Bonchev–Trinajstić information content (AvgIpc) is 2.75.